The molecule has 17 rings (SSSR count). The van der Waals surface area contributed by atoms with E-state index < -0.39 is 5.41 Å². The smallest absolute Gasteiger partial charge is 0.238 e. The van der Waals surface area contributed by atoms with E-state index in [0.29, 0.717) is 17.6 Å². The molecule has 1 aliphatic heterocycles. The first-order valence-corrected chi connectivity index (χ1v) is 27.9. The Labute approximate surface area is 473 Å². The molecule has 0 radical (unpaired) electrons. The first kappa shape index (κ1) is 46.0. The van der Waals surface area contributed by atoms with Crippen molar-refractivity contribution in [2.45, 2.75) is 5.41 Å². The molecule has 382 valence electrons. The molecular weight excluding hydrogens is 999 g/mol. The zero-order valence-electron chi connectivity index (χ0n) is 44.3. The van der Waals surface area contributed by atoms with E-state index in [2.05, 4.69) is 258 Å². The van der Waals surface area contributed by atoms with Gasteiger partial charge in [0.2, 0.25) is 5.95 Å². The minimum absolute atomic E-state index is 0.561. The van der Waals surface area contributed by atoms with Gasteiger partial charge in [0, 0.05) is 38.4 Å². The number of hydrogen-bond acceptors (Lipinski definition) is 5. The summed E-state index contributed by atoms with van der Waals surface area (Å²) in [5, 5.41) is 4.48. The van der Waals surface area contributed by atoms with Gasteiger partial charge in [0.25, 0.3) is 0 Å². The molecule has 4 heterocycles. The lowest BCUT2D eigenvalue weighted by Gasteiger charge is -2.45. The lowest BCUT2D eigenvalue weighted by atomic mass is 9.64. The minimum atomic E-state index is -0.697. The molecule has 0 N–H and O–H groups in total. The van der Waals surface area contributed by atoms with Crippen LogP contribution in [0.25, 0.3) is 117 Å². The van der Waals surface area contributed by atoms with E-state index in [9.17, 15) is 0 Å². The molecule has 1 aliphatic carbocycles. The molecule has 0 fully saturated rings. The molecule has 6 nitrogen and oxygen atoms in total. The number of nitrogens with zero attached hydrogens (tertiary/aromatic N) is 5. The largest absolute Gasteiger partial charge is 0.456 e. The number of benzene rings is 12. The maximum Gasteiger partial charge on any atom is 0.238 e. The number of hydrogen-bond donors (Lipinski definition) is 0. The van der Waals surface area contributed by atoms with Gasteiger partial charge >= 0.3 is 0 Å². The Bertz CT molecular complexity index is 4930. The van der Waals surface area contributed by atoms with Crippen LogP contribution in [-0.4, -0.2) is 19.5 Å². The van der Waals surface area contributed by atoms with Crippen LogP contribution in [-0.2, 0) is 5.41 Å². The lowest BCUT2D eigenvalue weighted by molar-refractivity contribution is 0.668. The van der Waals surface area contributed by atoms with Gasteiger partial charge in [0.15, 0.2) is 11.6 Å². The highest BCUT2D eigenvalue weighted by Crippen LogP contribution is 2.65. The van der Waals surface area contributed by atoms with E-state index >= 15 is 0 Å². The topological polar surface area (TPSA) is 60.0 Å². The first-order chi connectivity index (χ1) is 40.7. The second-order valence-corrected chi connectivity index (χ2v) is 21.4. The summed E-state index contributed by atoms with van der Waals surface area (Å²) in [5.74, 6) is 1.79. The predicted octanol–water partition coefficient (Wildman–Crippen LogP) is 19.3. The summed E-state index contributed by atoms with van der Waals surface area (Å²) in [7, 11) is 0. The molecule has 6 heteroatoms. The van der Waals surface area contributed by atoms with E-state index in [4.69, 9.17) is 19.4 Å². The standard InChI is InChI=1S/C76H47N5O/c1-5-21-48(22-6-1)54-43-55(49-23-7-2-8-24-49)45-56(44-54)80-67-35-19-17-33-62(67)76(61-32-16-13-30-58(61)71-64(76)40-42-70-72(71)59-31-15-20-36-69(59)82-70)63-39-37-53(47-68(63)80)52-38-41-66-60(46-52)57-29-14-18-34-65(57)81(66)75-78-73(50-25-9-3-10-26-50)77-74(79-75)51-27-11-4-12-28-51/h1-47H. The number of rotatable bonds is 7. The van der Waals surface area contributed by atoms with Crippen molar-refractivity contribution >= 4 is 60.8 Å². The summed E-state index contributed by atoms with van der Waals surface area (Å²) in [6, 6.07) is 103. The molecule has 82 heavy (non-hydrogen) atoms. The average molecular weight is 1050 g/mol. The summed E-state index contributed by atoms with van der Waals surface area (Å²) in [6.45, 7) is 0. The van der Waals surface area contributed by atoms with Crippen LogP contribution in [0.2, 0.25) is 0 Å². The fraction of sp³-hybridized carbons (Fsp3) is 0.0132. The molecule has 0 bridgehead atoms. The number of fused-ring (bicyclic) bond motifs is 16. The second-order valence-electron chi connectivity index (χ2n) is 21.4. The third-order valence-electron chi connectivity index (χ3n) is 17.0. The van der Waals surface area contributed by atoms with Gasteiger partial charge in [-0.15, -0.1) is 0 Å². The van der Waals surface area contributed by atoms with Gasteiger partial charge in [-0.1, -0.05) is 224 Å². The van der Waals surface area contributed by atoms with E-state index in [1.54, 1.807) is 0 Å². The van der Waals surface area contributed by atoms with Crippen molar-refractivity contribution in [3.8, 4) is 73.2 Å². The Hall–Kier alpha value is -11.0. The summed E-state index contributed by atoms with van der Waals surface area (Å²) >= 11 is 0. The van der Waals surface area contributed by atoms with Crippen LogP contribution in [0, 0.1) is 0 Å². The highest BCUT2D eigenvalue weighted by Gasteiger charge is 2.52. The van der Waals surface area contributed by atoms with Gasteiger partial charge in [-0.2, -0.15) is 9.97 Å². The Balaban J connectivity index is 0.925. The van der Waals surface area contributed by atoms with E-state index in [1.165, 1.54) is 33.4 Å². The van der Waals surface area contributed by atoms with Gasteiger partial charge in [-0.3, -0.25) is 4.57 Å². The molecule has 0 amide bonds. The van der Waals surface area contributed by atoms with Crippen LogP contribution in [0.5, 0.6) is 0 Å². The molecule has 12 aromatic carbocycles. The molecule has 0 saturated carbocycles. The SMILES string of the molecule is c1ccc(-c2cc(-c3ccccc3)cc(N3c4ccccc4C4(c5ccccc5-c5c4ccc4oc6ccccc6c54)c4ccc(-c5ccc6c(c5)c5ccccc5n6-c5nc(-c6ccccc6)nc(-c6ccccc6)n5)cc43)c2)cc1. The van der Waals surface area contributed by atoms with Crippen molar-refractivity contribution in [1.29, 1.82) is 0 Å². The number of aromatic nitrogens is 4. The van der Waals surface area contributed by atoms with Gasteiger partial charge in [-0.25, -0.2) is 4.98 Å². The Kier molecular flexibility index (Phi) is 10.1. The Morgan fingerprint density at radius 3 is 1.56 bits per heavy atom. The van der Waals surface area contributed by atoms with Gasteiger partial charge in [0.05, 0.1) is 27.8 Å². The second kappa shape index (κ2) is 18.0. The maximum absolute atomic E-state index is 6.65. The van der Waals surface area contributed by atoms with Crippen LogP contribution in [0.3, 0.4) is 0 Å². The van der Waals surface area contributed by atoms with Crippen molar-refractivity contribution in [1.82, 2.24) is 19.5 Å². The molecular formula is C76H47N5O. The van der Waals surface area contributed by atoms with Crippen LogP contribution in [0.15, 0.2) is 290 Å². The van der Waals surface area contributed by atoms with Crippen molar-refractivity contribution in [3.63, 3.8) is 0 Å². The number of para-hydroxylation sites is 3. The summed E-state index contributed by atoms with van der Waals surface area (Å²) in [6.07, 6.45) is 0. The van der Waals surface area contributed by atoms with Gasteiger partial charge < -0.3 is 9.32 Å². The fourth-order valence-corrected chi connectivity index (χ4v) is 13.5. The van der Waals surface area contributed by atoms with E-state index in [-0.39, 0.29) is 0 Å². The van der Waals surface area contributed by atoms with E-state index in [1.807, 2.05) is 36.4 Å². The lowest BCUT2D eigenvalue weighted by Crippen LogP contribution is -2.36. The highest BCUT2D eigenvalue weighted by atomic mass is 16.3. The van der Waals surface area contributed by atoms with Crippen LogP contribution in [0.1, 0.15) is 22.3 Å². The fourth-order valence-electron chi connectivity index (χ4n) is 13.5. The van der Waals surface area contributed by atoms with Crippen molar-refractivity contribution in [2.24, 2.45) is 0 Å². The highest BCUT2D eigenvalue weighted by molar-refractivity contribution is 6.16. The molecule has 1 unspecified atom stereocenters. The number of anilines is 3. The monoisotopic (exact) mass is 1050 g/mol. The quantitative estimate of drug-likeness (QED) is 0.159. The Morgan fingerprint density at radius 1 is 0.317 bits per heavy atom. The van der Waals surface area contributed by atoms with Crippen LogP contribution < -0.4 is 4.90 Å². The molecule has 0 saturated heterocycles. The average Bonchev–Trinajstić information content (AvgIpc) is 1.68. The maximum atomic E-state index is 6.65. The summed E-state index contributed by atoms with van der Waals surface area (Å²) in [4.78, 5) is 18.0. The van der Waals surface area contributed by atoms with Crippen molar-refractivity contribution in [3.05, 3.63) is 307 Å². The zero-order valence-corrected chi connectivity index (χ0v) is 44.3. The van der Waals surface area contributed by atoms with Crippen molar-refractivity contribution in [2.75, 3.05) is 4.90 Å². The van der Waals surface area contributed by atoms with Crippen LogP contribution >= 0.6 is 0 Å². The summed E-state index contributed by atoms with van der Waals surface area (Å²) < 4.78 is 8.85. The first-order valence-electron chi connectivity index (χ1n) is 27.9. The Morgan fingerprint density at radius 2 is 0.854 bits per heavy atom. The van der Waals surface area contributed by atoms with Crippen LogP contribution in [0.4, 0.5) is 17.1 Å². The number of furan rings is 1. The molecule has 1 atom stereocenters. The minimum Gasteiger partial charge on any atom is -0.456 e. The normalized spacial score (nSPS) is 14.1. The molecule has 3 aromatic heterocycles. The third-order valence-corrected chi connectivity index (χ3v) is 17.0. The van der Waals surface area contributed by atoms with E-state index in [0.717, 1.165) is 105 Å². The molecule has 15 aromatic rings. The molecule has 1 spiro atoms. The summed E-state index contributed by atoms with van der Waals surface area (Å²) in [5.41, 5.74) is 22.4. The third kappa shape index (κ3) is 6.85. The van der Waals surface area contributed by atoms with Crippen molar-refractivity contribution < 1.29 is 4.42 Å². The van der Waals surface area contributed by atoms with Gasteiger partial charge in [0.1, 0.15) is 11.2 Å². The molecule has 2 aliphatic rings. The predicted molar refractivity (Wildman–Crippen MR) is 334 cm³/mol. The zero-order chi connectivity index (χ0) is 53.9. The van der Waals surface area contributed by atoms with Gasteiger partial charge in [-0.05, 0) is 127 Å².